The average Bonchev–Trinajstić information content (AvgIpc) is 3.43. The fraction of sp³-hybridized carbons (Fsp3) is 0.438. The molecular formula is C32H41N5O3. The maximum atomic E-state index is 13.5. The van der Waals surface area contributed by atoms with Gasteiger partial charge in [-0.05, 0) is 79.0 Å². The van der Waals surface area contributed by atoms with E-state index in [1.165, 1.54) is 17.5 Å². The van der Waals surface area contributed by atoms with Crippen molar-refractivity contribution < 1.29 is 14.3 Å². The van der Waals surface area contributed by atoms with Gasteiger partial charge in [-0.2, -0.15) is 0 Å². The minimum absolute atomic E-state index is 0.0832. The number of aryl methyl sites for hydroxylation is 2. The summed E-state index contributed by atoms with van der Waals surface area (Å²) in [5.74, 6) is -0.00909. The van der Waals surface area contributed by atoms with Gasteiger partial charge in [-0.3, -0.25) is 9.69 Å². The Kier molecular flexibility index (Phi) is 9.19. The minimum atomic E-state index is -0.142. The van der Waals surface area contributed by atoms with Gasteiger partial charge in [0.1, 0.15) is 0 Å². The summed E-state index contributed by atoms with van der Waals surface area (Å²) in [4.78, 5) is 30.8. The third kappa shape index (κ3) is 7.11. The molecule has 2 aromatic carbocycles. The zero-order valence-electron chi connectivity index (χ0n) is 23.5. The van der Waals surface area contributed by atoms with Gasteiger partial charge in [0.05, 0.1) is 24.6 Å². The Balaban J connectivity index is 1.25. The van der Waals surface area contributed by atoms with Crippen LogP contribution in [-0.4, -0.2) is 67.7 Å². The van der Waals surface area contributed by atoms with Crippen LogP contribution in [0.5, 0.6) is 0 Å². The molecule has 0 spiro atoms. The van der Waals surface area contributed by atoms with E-state index in [9.17, 15) is 9.59 Å². The zero-order chi connectivity index (χ0) is 27.9. The first kappa shape index (κ1) is 27.9. The summed E-state index contributed by atoms with van der Waals surface area (Å²) in [5.41, 5.74) is 12.6. The van der Waals surface area contributed by atoms with Crippen LogP contribution in [0, 0.1) is 5.92 Å². The SMILES string of the molecule is CC1CC(C(=O)Nc2ccccc2N)=CC=C1CN(CCCN1CCOCC1)C(=O)Nc1ccc2c(c1)CCC2. The monoisotopic (exact) mass is 543 g/mol. The van der Waals surface area contributed by atoms with Crippen LogP contribution in [0.4, 0.5) is 21.9 Å². The molecule has 3 aliphatic rings. The number of carbonyl (C=O) groups is 2. The standard InChI is InChI=1S/C32H41N5O3/c1-23-20-26(31(38)35-30-9-3-2-8-29(30)33)10-11-27(23)22-37(15-5-14-36-16-18-40-19-17-36)32(39)34-28-13-12-24-6-4-7-25(24)21-28/h2-3,8-13,21,23H,4-7,14-20,22,33H2,1H3,(H,34,39)(H,35,38). The van der Waals surface area contributed by atoms with E-state index in [1.54, 1.807) is 12.1 Å². The van der Waals surface area contributed by atoms with E-state index in [0.717, 1.165) is 63.4 Å². The van der Waals surface area contributed by atoms with Crippen molar-refractivity contribution in [1.29, 1.82) is 0 Å². The molecule has 0 aromatic heterocycles. The van der Waals surface area contributed by atoms with Crippen molar-refractivity contribution in [2.24, 2.45) is 5.92 Å². The summed E-state index contributed by atoms with van der Waals surface area (Å²) in [6, 6.07) is 13.5. The van der Waals surface area contributed by atoms with Crippen LogP contribution >= 0.6 is 0 Å². The van der Waals surface area contributed by atoms with Crippen LogP contribution in [0.2, 0.25) is 0 Å². The van der Waals surface area contributed by atoms with Crippen molar-refractivity contribution in [3.63, 3.8) is 0 Å². The molecule has 1 fully saturated rings. The minimum Gasteiger partial charge on any atom is -0.397 e. The number of allylic oxidation sites excluding steroid dienone is 2. The Bertz CT molecular complexity index is 1280. The highest BCUT2D eigenvalue weighted by atomic mass is 16.5. The van der Waals surface area contributed by atoms with Gasteiger partial charge in [0.25, 0.3) is 5.91 Å². The molecule has 8 heteroatoms. The summed E-state index contributed by atoms with van der Waals surface area (Å²) in [7, 11) is 0. The molecule has 1 heterocycles. The predicted molar refractivity (Wildman–Crippen MR) is 160 cm³/mol. The van der Waals surface area contributed by atoms with E-state index in [4.69, 9.17) is 10.5 Å². The molecule has 3 amide bonds. The average molecular weight is 544 g/mol. The summed E-state index contributed by atoms with van der Waals surface area (Å²) in [5, 5.41) is 6.09. The van der Waals surface area contributed by atoms with Crippen molar-refractivity contribution in [3.8, 4) is 0 Å². The highest BCUT2D eigenvalue weighted by Crippen LogP contribution is 2.28. The van der Waals surface area contributed by atoms with E-state index < -0.39 is 0 Å². The third-order valence-corrected chi connectivity index (χ3v) is 8.17. The van der Waals surface area contributed by atoms with Crippen LogP contribution in [0.15, 0.2) is 65.8 Å². The zero-order valence-corrected chi connectivity index (χ0v) is 23.5. The van der Waals surface area contributed by atoms with Gasteiger partial charge in [0, 0.05) is 44.0 Å². The van der Waals surface area contributed by atoms with Crippen LogP contribution in [0.25, 0.3) is 0 Å². The van der Waals surface area contributed by atoms with Crippen molar-refractivity contribution in [2.75, 3.05) is 62.3 Å². The van der Waals surface area contributed by atoms with E-state index in [2.05, 4.69) is 34.6 Å². The molecule has 5 rings (SSSR count). The van der Waals surface area contributed by atoms with Gasteiger partial charge in [-0.25, -0.2) is 4.79 Å². The van der Waals surface area contributed by atoms with Crippen molar-refractivity contribution in [3.05, 3.63) is 76.9 Å². The van der Waals surface area contributed by atoms with Crippen LogP contribution in [0.3, 0.4) is 0 Å². The highest BCUT2D eigenvalue weighted by molar-refractivity contribution is 6.05. The van der Waals surface area contributed by atoms with Gasteiger partial charge in [-0.15, -0.1) is 0 Å². The number of anilines is 3. The summed E-state index contributed by atoms with van der Waals surface area (Å²) < 4.78 is 5.48. The summed E-state index contributed by atoms with van der Waals surface area (Å²) in [6.45, 7) is 7.65. The number of ether oxygens (including phenoxy) is 1. The number of benzene rings is 2. The van der Waals surface area contributed by atoms with Gasteiger partial charge < -0.3 is 26.0 Å². The van der Waals surface area contributed by atoms with Crippen LogP contribution in [-0.2, 0) is 22.4 Å². The van der Waals surface area contributed by atoms with E-state index in [1.807, 2.05) is 35.3 Å². The molecule has 0 saturated carbocycles. The molecule has 2 aliphatic carbocycles. The second-order valence-corrected chi connectivity index (χ2v) is 11.1. The molecule has 1 saturated heterocycles. The van der Waals surface area contributed by atoms with E-state index in [0.29, 0.717) is 36.5 Å². The Hall–Kier alpha value is -3.62. The molecule has 40 heavy (non-hydrogen) atoms. The van der Waals surface area contributed by atoms with Crippen LogP contribution in [0.1, 0.15) is 37.3 Å². The first-order valence-electron chi connectivity index (χ1n) is 14.5. The number of nitrogens with one attached hydrogen (secondary N) is 2. The largest absolute Gasteiger partial charge is 0.397 e. The maximum Gasteiger partial charge on any atom is 0.322 e. The van der Waals surface area contributed by atoms with Crippen molar-refractivity contribution >= 4 is 29.0 Å². The Morgan fingerprint density at radius 2 is 1.85 bits per heavy atom. The highest BCUT2D eigenvalue weighted by Gasteiger charge is 2.24. The van der Waals surface area contributed by atoms with E-state index >= 15 is 0 Å². The Morgan fingerprint density at radius 1 is 1.05 bits per heavy atom. The van der Waals surface area contributed by atoms with Crippen molar-refractivity contribution in [2.45, 2.75) is 39.0 Å². The number of nitrogens with two attached hydrogens (primary N) is 1. The molecule has 1 atom stereocenters. The number of amides is 3. The van der Waals surface area contributed by atoms with Gasteiger partial charge in [0.2, 0.25) is 0 Å². The first-order valence-corrected chi connectivity index (χ1v) is 14.5. The Morgan fingerprint density at radius 3 is 2.65 bits per heavy atom. The molecule has 0 bridgehead atoms. The molecule has 212 valence electrons. The lowest BCUT2D eigenvalue weighted by Gasteiger charge is -2.30. The first-order chi connectivity index (χ1) is 19.5. The normalized spacial score (nSPS) is 18.9. The van der Waals surface area contributed by atoms with Gasteiger partial charge in [-0.1, -0.05) is 37.3 Å². The second kappa shape index (κ2) is 13.2. The number of urea groups is 1. The number of rotatable bonds is 9. The molecular weight excluding hydrogens is 502 g/mol. The number of fused-ring (bicyclic) bond motifs is 1. The smallest absolute Gasteiger partial charge is 0.322 e. The molecule has 1 aliphatic heterocycles. The second-order valence-electron chi connectivity index (χ2n) is 11.1. The summed E-state index contributed by atoms with van der Waals surface area (Å²) in [6.07, 6.45) is 8.77. The topological polar surface area (TPSA) is 99.9 Å². The molecule has 8 nitrogen and oxygen atoms in total. The fourth-order valence-corrected chi connectivity index (χ4v) is 5.73. The number of carbonyl (C=O) groups excluding carboxylic acids is 2. The molecule has 0 radical (unpaired) electrons. The Labute approximate surface area is 237 Å². The molecule has 4 N–H and O–H groups in total. The summed E-state index contributed by atoms with van der Waals surface area (Å²) >= 11 is 0. The number of nitrogens with zero attached hydrogens (tertiary/aromatic N) is 2. The van der Waals surface area contributed by atoms with Gasteiger partial charge >= 0.3 is 6.03 Å². The fourth-order valence-electron chi connectivity index (χ4n) is 5.73. The molecule has 1 unspecified atom stereocenters. The number of morpholine rings is 1. The number of hydrogen-bond donors (Lipinski definition) is 3. The molecule has 2 aromatic rings. The quantitative estimate of drug-likeness (QED) is 0.393. The number of hydrogen-bond acceptors (Lipinski definition) is 5. The van der Waals surface area contributed by atoms with Crippen molar-refractivity contribution in [1.82, 2.24) is 9.80 Å². The van der Waals surface area contributed by atoms with Crippen LogP contribution < -0.4 is 16.4 Å². The lowest BCUT2D eigenvalue weighted by molar-refractivity contribution is -0.113. The lowest BCUT2D eigenvalue weighted by atomic mass is 9.87. The number of nitrogen functional groups attached to an aromatic ring is 1. The number of para-hydroxylation sites is 2. The predicted octanol–water partition coefficient (Wildman–Crippen LogP) is 4.85. The third-order valence-electron chi connectivity index (χ3n) is 8.17. The van der Waals surface area contributed by atoms with E-state index in [-0.39, 0.29) is 17.9 Å². The van der Waals surface area contributed by atoms with Gasteiger partial charge in [0.15, 0.2) is 0 Å². The lowest BCUT2D eigenvalue weighted by Crippen LogP contribution is -2.41. The maximum absolute atomic E-state index is 13.5.